The highest BCUT2D eigenvalue weighted by atomic mass is 79.9. The number of benzene rings is 2. The van der Waals surface area contributed by atoms with Gasteiger partial charge in [0, 0.05) is 22.3 Å². The largest absolute Gasteiger partial charge is 0.352 e. The number of hydrogen-bond acceptors (Lipinski definition) is 2. The third kappa shape index (κ3) is 1.84. The van der Waals surface area contributed by atoms with E-state index >= 15 is 0 Å². The summed E-state index contributed by atoms with van der Waals surface area (Å²) in [4.78, 5) is 15.6. The summed E-state index contributed by atoms with van der Waals surface area (Å²) >= 11 is 3.45. The van der Waals surface area contributed by atoms with Crippen LogP contribution in [0.2, 0.25) is 0 Å². The van der Waals surface area contributed by atoms with Crippen LogP contribution in [0.3, 0.4) is 0 Å². The second-order valence-electron chi connectivity index (χ2n) is 3.91. The predicted octanol–water partition coefficient (Wildman–Crippen LogP) is 3.15. The van der Waals surface area contributed by atoms with Gasteiger partial charge in [-0.05, 0) is 29.7 Å². The highest BCUT2D eigenvalue weighted by Crippen LogP contribution is 2.24. The van der Waals surface area contributed by atoms with E-state index in [1.54, 1.807) is 16.8 Å². The topological polar surface area (TPSA) is 34.9 Å². The highest BCUT2D eigenvalue weighted by molar-refractivity contribution is 9.10. The number of nitrogens with zero attached hydrogens (tertiary/aromatic N) is 2. The first-order valence-electron chi connectivity index (χ1n) is 5.48. The maximum atomic E-state index is 11.8. The first-order valence-corrected chi connectivity index (χ1v) is 6.27. The molecule has 0 radical (unpaired) electrons. The SMILES string of the molecule is O=c1ncccn1-c1cccc2cc(Br)ccc12. The molecule has 0 aliphatic heterocycles. The van der Waals surface area contributed by atoms with Gasteiger partial charge < -0.3 is 0 Å². The molecule has 1 heterocycles. The van der Waals surface area contributed by atoms with Crippen LogP contribution in [0.4, 0.5) is 0 Å². The Morgan fingerprint density at radius 3 is 2.83 bits per heavy atom. The fourth-order valence-electron chi connectivity index (χ4n) is 1.99. The third-order valence-corrected chi connectivity index (χ3v) is 3.28. The van der Waals surface area contributed by atoms with Crippen LogP contribution >= 0.6 is 15.9 Å². The summed E-state index contributed by atoms with van der Waals surface area (Å²) in [5, 5.41) is 2.11. The molecule has 0 fully saturated rings. The summed E-state index contributed by atoms with van der Waals surface area (Å²) in [7, 11) is 0. The monoisotopic (exact) mass is 300 g/mol. The van der Waals surface area contributed by atoms with Crippen LogP contribution in [0.1, 0.15) is 0 Å². The minimum atomic E-state index is -0.270. The zero-order chi connectivity index (χ0) is 12.5. The van der Waals surface area contributed by atoms with E-state index in [1.807, 2.05) is 36.4 Å². The van der Waals surface area contributed by atoms with Gasteiger partial charge in [-0.1, -0.05) is 34.1 Å². The first kappa shape index (κ1) is 11.2. The minimum Gasteiger partial charge on any atom is -0.267 e. The van der Waals surface area contributed by atoms with E-state index in [4.69, 9.17) is 0 Å². The fraction of sp³-hybridized carbons (Fsp3) is 0. The Labute approximate surface area is 112 Å². The molecule has 0 amide bonds. The van der Waals surface area contributed by atoms with Gasteiger partial charge in [-0.25, -0.2) is 9.78 Å². The average Bonchev–Trinajstić information content (AvgIpc) is 2.38. The van der Waals surface area contributed by atoms with Crippen LogP contribution in [-0.2, 0) is 0 Å². The number of rotatable bonds is 1. The Hall–Kier alpha value is -1.94. The molecule has 0 bridgehead atoms. The molecule has 18 heavy (non-hydrogen) atoms. The number of aromatic nitrogens is 2. The van der Waals surface area contributed by atoms with E-state index in [9.17, 15) is 4.79 Å². The van der Waals surface area contributed by atoms with Crippen LogP contribution < -0.4 is 5.69 Å². The van der Waals surface area contributed by atoms with Crippen molar-refractivity contribution in [3.05, 3.63) is 69.8 Å². The molecule has 3 aromatic rings. The molecule has 0 N–H and O–H groups in total. The van der Waals surface area contributed by atoms with Crippen LogP contribution in [-0.4, -0.2) is 9.55 Å². The Balaban J connectivity index is 2.37. The zero-order valence-electron chi connectivity index (χ0n) is 9.38. The molecule has 0 atom stereocenters. The molecular weight excluding hydrogens is 292 g/mol. The van der Waals surface area contributed by atoms with Gasteiger partial charge in [-0.3, -0.25) is 4.57 Å². The number of hydrogen-bond donors (Lipinski definition) is 0. The van der Waals surface area contributed by atoms with Crippen LogP contribution in [0.25, 0.3) is 16.5 Å². The molecule has 0 aliphatic rings. The van der Waals surface area contributed by atoms with E-state index in [0.717, 1.165) is 20.9 Å². The Bertz CT molecular complexity index is 780. The molecule has 0 saturated heterocycles. The lowest BCUT2D eigenvalue weighted by molar-refractivity contribution is 0.920. The van der Waals surface area contributed by atoms with E-state index in [1.165, 1.54) is 6.20 Å². The summed E-state index contributed by atoms with van der Waals surface area (Å²) in [6, 6.07) is 13.6. The third-order valence-electron chi connectivity index (χ3n) is 2.79. The van der Waals surface area contributed by atoms with E-state index < -0.39 is 0 Å². The van der Waals surface area contributed by atoms with Crippen molar-refractivity contribution in [1.82, 2.24) is 9.55 Å². The maximum absolute atomic E-state index is 11.8. The van der Waals surface area contributed by atoms with Crippen molar-refractivity contribution in [1.29, 1.82) is 0 Å². The minimum absolute atomic E-state index is 0.270. The second-order valence-corrected chi connectivity index (χ2v) is 4.83. The number of fused-ring (bicyclic) bond motifs is 1. The van der Waals surface area contributed by atoms with Crippen molar-refractivity contribution >= 4 is 26.7 Å². The van der Waals surface area contributed by atoms with Gasteiger partial charge in [0.1, 0.15) is 0 Å². The molecule has 0 saturated carbocycles. The molecule has 3 rings (SSSR count). The molecule has 4 heteroatoms. The molecule has 1 aromatic heterocycles. The molecule has 2 aromatic carbocycles. The van der Waals surface area contributed by atoms with Crippen molar-refractivity contribution < 1.29 is 0 Å². The summed E-state index contributed by atoms with van der Waals surface area (Å²) in [5.41, 5.74) is 0.575. The van der Waals surface area contributed by atoms with Crippen LogP contribution in [0.5, 0.6) is 0 Å². The maximum Gasteiger partial charge on any atom is 0.352 e. The quantitative estimate of drug-likeness (QED) is 0.692. The van der Waals surface area contributed by atoms with E-state index in [2.05, 4.69) is 20.9 Å². The highest BCUT2D eigenvalue weighted by Gasteiger charge is 2.04. The number of halogens is 1. The molecule has 3 nitrogen and oxygen atoms in total. The first-order chi connectivity index (χ1) is 8.75. The van der Waals surface area contributed by atoms with Gasteiger partial charge in [-0.2, -0.15) is 0 Å². The van der Waals surface area contributed by atoms with Gasteiger partial charge in [0.2, 0.25) is 0 Å². The second kappa shape index (κ2) is 4.38. The zero-order valence-corrected chi connectivity index (χ0v) is 11.0. The Morgan fingerprint density at radius 2 is 2.00 bits per heavy atom. The van der Waals surface area contributed by atoms with E-state index in [-0.39, 0.29) is 5.69 Å². The molecule has 0 aliphatic carbocycles. The van der Waals surface area contributed by atoms with Gasteiger partial charge in [-0.15, -0.1) is 0 Å². The van der Waals surface area contributed by atoms with Crippen LogP contribution in [0.15, 0.2) is 64.1 Å². The lowest BCUT2D eigenvalue weighted by Crippen LogP contribution is -2.19. The van der Waals surface area contributed by atoms with Crippen molar-refractivity contribution in [3.8, 4) is 5.69 Å². The summed E-state index contributed by atoms with van der Waals surface area (Å²) in [6.45, 7) is 0. The van der Waals surface area contributed by atoms with Gasteiger partial charge >= 0.3 is 5.69 Å². The summed E-state index contributed by atoms with van der Waals surface area (Å²) in [6.07, 6.45) is 3.23. The molecule has 0 spiro atoms. The van der Waals surface area contributed by atoms with Gasteiger partial charge in [0.05, 0.1) is 5.69 Å². The van der Waals surface area contributed by atoms with Gasteiger partial charge in [0.15, 0.2) is 0 Å². The fourth-order valence-corrected chi connectivity index (χ4v) is 2.37. The lowest BCUT2D eigenvalue weighted by atomic mass is 10.1. The standard InChI is InChI=1S/C14H9BrN2O/c15-11-5-6-12-10(9-11)3-1-4-13(12)17-8-2-7-16-14(17)18/h1-9H. The molecule has 88 valence electrons. The van der Waals surface area contributed by atoms with Crippen molar-refractivity contribution in [2.45, 2.75) is 0 Å². The van der Waals surface area contributed by atoms with Crippen molar-refractivity contribution in [3.63, 3.8) is 0 Å². The van der Waals surface area contributed by atoms with Crippen molar-refractivity contribution in [2.75, 3.05) is 0 Å². The normalized spacial score (nSPS) is 10.7. The Morgan fingerprint density at radius 1 is 1.11 bits per heavy atom. The van der Waals surface area contributed by atoms with E-state index in [0.29, 0.717) is 0 Å². The lowest BCUT2D eigenvalue weighted by Gasteiger charge is -2.08. The summed E-state index contributed by atoms with van der Waals surface area (Å²) < 4.78 is 2.57. The van der Waals surface area contributed by atoms with Gasteiger partial charge in [0.25, 0.3) is 0 Å². The van der Waals surface area contributed by atoms with Crippen molar-refractivity contribution in [2.24, 2.45) is 0 Å². The molecular formula is C14H9BrN2O. The average molecular weight is 301 g/mol. The molecule has 0 unspecified atom stereocenters. The predicted molar refractivity (Wildman–Crippen MR) is 75.0 cm³/mol. The summed E-state index contributed by atoms with van der Waals surface area (Å²) in [5.74, 6) is 0. The Kier molecular flexibility index (Phi) is 2.72. The smallest absolute Gasteiger partial charge is 0.267 e. The van der Waals surface area contributed by atoms with Crippen LogP contribution in [0, 0.1) is 0 Å².